The Hall–Kier alpha value is -1.44. The van der Waals surface area contributed by atoms with Gasteiger partial charge in [0.25, 0.3) is 0 Å². The van der Waals surface area contributed by atoms with Crippen molar-refractivity contribution >= 4 is 11.8 Å². The summed E-state index contributed by atoms with van der Waals surface area (Å²) in [6.45, 7) is 0.996. The molecule has 0 aliphatic carbocycles. The van der Waals surface area contributed by atoms with Crippen molar-refractivity contribution in [3.8, 4) is 0 Å². The van der Waals surface area contributed by atoms with Crippen LogP contribution in [-0.4, -0.2) is 74.0 Å². The molecule has 1 saturated heterocycles. The van der Waals surface area contributed by atoms with Crippen molar-refractivity contribution in [2.75, 3.05) is 33.9 Å². The SMILES string of the molecule is CN(C)C(=O)C[C@@H]1C=C[C@H](NC(=O)C2CCOCC2)[C@@H](CO)O1. The van der Waals surface area contributed by atoms with Gasteiger partial charge in [-0.1, -0.05) is 12.2 Å². The lowest BCUT2D eigenvalue weighted by Gasteiger charge is -2.33. The van der Waals surface area contributed by atoms with Crippen LogP contribution in [0.4, 0.5) is 0 Å². The Bertz CT molecular complexity index is 446. The lowest BCUT2D eigenvalue weighted by Crippen LogP contribution is -2.50. The minimum Gasteiger partial charge on any atom is -0.394 e. The average Bonchev–Trinajstić information content (AvgIpc) is 2.56. The van der Waals surface area contributed by atoms with Gasteiger partial charge in [0.1, 0.15) is 6.10 Å². The lowest BCUT2D eigenvalue weighted by atomic mass is 9.97. The highest BCUT2D eigenvalue weighted by atomic mass is 16.5. The second-order valence-corrected chi connectivity index (χ2v) is 6.19. The Morgan fingerprint density at radius 1 is 1.26 bits per heavy atom. The number of ether oxygens (including phenoxy) is 2. The molecule has 3 atom stereocenters. The quantitative estimate of drug-likeness (QED) is 0.677. The van der Waals surface area contributed by atoms with Crippen LogP contribution in [-0.2, 0) is 19.1 Å². The highest BCUT2D eigenvalue weighted by Crippen LogP contribution is 2.19. The van der Waals surface area contributed by atoms with Crippen LogP contribution in [0.3, 0.4) is 0 Å². The molecule has 2 aliphatic rings. The molecular formula is C16H26N2O5. The highest BCUT2D eigenvalue weighted by molar-refractivity contribution is 5.79. The standard InChI is InChI=1S/C16H26N2O5/c1-18(2)15(20)9-12-3-4-13(14(10-19)23-12)17-16(21)11-5-7-22-8-6-11/h3-4,11-14,19H,5-10H2,1-2H3,(H,17,21)/t12-,13-,14+/m0/s1. The first-order valence-electron chi connectivity index (χ1n) is 8.04. The molecule has 0 radical (unpaired) electrons. The maximum absolute atomic E-state index is 12.3. The Labute approximate surface area is 136 Å². The van der Waals surface area contributed by atoms with Gasteiger partial charge in [0.05, 0.1) is 25.2 Å². The average molecular weight is 326 g/mol. The Morgan fingerprint density at radius 3 is 2.57 bits per heavy atom. The van der Waals surface area contributed by atoms with E-state index >= 15 is 0 Å². The third-order valence-electron chi connectivity index (χ3n) is 4.24. The third kappa shape index (κ3) is 5.02. The zero-order valence-electron chi connectivity index (χ0n) is 13.7. The van der Waals surface area contributed by atoms with E-state index in [1.807, 2.05) is 6.08 Å². The van der Waals surface area contributed by atoms with Crippen LogP contribution >= 0.6 is 0 Å². The summed E-state index contributed by atoms with van der Waals surface area (Å²) in [4.78, 5) is 25.5. The van der Waals surface area contributed by atoms with Gasteiger partial charge in [0, 0.05) is 33.2 Å². The van der Waals surface area contributed by atoms with E-state index in [9.17, 15) is 14.7 Å². The predicted octanol–water partition coefficient (Wildman–Crippen LogP) is -0.308. The van der Waals surface area contributed by atoms with Gasteiger partial charge in [0.15, 0.2) is 0 Å². The zero-order chi connectivity index (χ0) is 16.8. The predicted molar refractivity (Wildman–Crippen MR) is 83.7 cm³/mol. The topological polar surface area (TPSA) is 88.1 Å². The fourth-order valence-electron chi connectivity index (χ4n) is 2.73. The molecule has 7 heteroatoms. The molecule has 0 bridgehead atoms. The van der Waals surface area contributed by atoms with Crippen LogP contribution < -0.4 is 5.32 Å². The van der Waals surface area contributed by atoms with Crippen LogP contribution in [0.25, 0.3) is 0 Å². The first kappa shape index (κ1) is 17.9. The smallest absolute Gasteiger partial charge is 0.224 e. The van der Waals surface area contributed by atoms with E-state index in [0.717, 1.165) is 0 Å². The number of nitrogens with zero attached hydrogens (tertiary/aromatic N) is 1. The van der Waals surface area contributed by atoms with Crippen LogP contribution in [0, 0.1) is 5.92 Å². The summed E-state index contributed by atoms with van der Waals surface area (Å²) < 4.78 is 11.0. The number of aliphatic hydroxyl groups excluding tert-OH is 1. The first-order valence-corrected chi connectivity index (χ1v) is 8.04. The van der Waals surface area contributed by atoms with Crippen LogP contribution in [0.1, 0.15) is 19.3 Å². The normalized spacial score (nSPS) is 28.4. The number of nitrogens with one attached hydrogen (secondary N) is 1. The number of amides is 2. The molecule has 0 unspecified atom stereocenters. The van der Waals surface area contributed by atoms with E-state index in [0.29, 0.717) is 26.1 Å². The largest absolute Gasteiger partial charge is 0.394 e. The van der Waals surface area contributed by atoms with Gasteiger partial charge in [0.2, 0.25) is 11.8 Å². The van der Waals surface area contributed by atoms with E-state index < -0.39 is 6.10 Å². The minimum atomic E-state index is -0.538. The molecule has 130 valence electrons. The molecule has 2 aliphatic heterocycles. The Morgan fingerprint density at radius 2 is 1.96 bits per heavy atom. The van der Waals surface area contributed by atoms with Crippen molar-refractivity contribution < 1.29 is 24.2 Å². The fourth-order valence-corrected chi connectivity index (χ4v) is 2.73. The summed E-state index contributed by atoms with van der Waals surface area (Å²) in [7, 11) is 3.38. The van der Waals surface area contributed by atoms with E-state index in [-0.39, 0.29) is 42.9 Å². The van der Waals surface area contributed by atoms with Crippen molar-refractivity contribution in [3.05, 3.63) is 12.2 Å². The first-order chi connectivity index (χ1) is 11.0. The molecule has 0 aromatic heterocycles. The monoisotopic (exact) mass is 326 g/mol. The summed E-state index contributed by atoms with van der Waals surface area (Å²) in [5, 5.41) is 12.4. The second-order valence-electron chi connectivity index (χ2n) is 6.19. The number of rotatable bonds is 5. The molecule has 0 saturated carbocycles. The molecule has 2 heterocycles. The van der Waals surface area contributed by atoms with Gasteiger partial charge >= 0.3 is 0 Å². The molecule has 2 N–H and O–H groups in total. The number of aliphatic hydroxyl groups is 1. The molecule has 0 aromatic rings. The van der Waals surface area contributed by atoms with Crippen LogP contribution in [0.2, 0.25) is 0 Å². The molecule has 23 heavy (non-hydrogen) atoms. The van der Waals surface area contributed by atoms with E-state index in [4.69, 9.17) is 9.47 Å². The molecule has 0 aromatic carbocycles. The summed E-state index contributed by atoms with van der Waals surface area (Å²) >= 11 is 0. The molecule has 0 spiro atoms. The van der Waals surface area contributed by atoms with E-state index in [2.05, 4.69) is 5.32 Å². The summed E-state index contributed by atoms with van der Waals surface area (Å²) in [6, 6.07) is -0.374. The lowest BCUT2D eigenvalue weighted by molar-refractivity contribution is -0.135. The number of carbonyl (C=O) groups is 2. The van der Waals surface area contributed by atoms with Crippen molar-refractivity contribution in [1.29, 1.82) is 0 Å². The highest BCUT2D eigenvalue weighted by Gasteiger charge is 2.31. The van der Waals surface area contributed by atoms with Gasteiger partial charge < -0.3 is 24.8 Å². The van der Waals surface area contributed by atoms with Gasteiger partial charge in [-0.3, -0.25) is 9.59 Å². The van der Waals surface area contributed by atoms with Crippen molar-refractivity contribution in [2.24, 2.45) is 5.92 Å². The van der Waals surface area contributed by atoms with Gasteiger partial charge in [-0.15, -0.1) is 0 Å². The number of hydrogen-bond donors (Lipinski definition) is 2. The Kier molecular flexibility index (Phi) is 6.56. The van der Waals surface area contributed by atoms with Crippen LogP contribution in [0.5, 0.6) is 0 Å². The van der Waals surface area contributed by atoms with Crippen molar-refractivity contribution in [1.82, 2.24) is 10.2 Å². The maximum atomic E-state index is 12.3. The van der Waals surface area contributed by atoms with Gasteiger partial charge in [-0.25, -0.2) is 0 Å². The summed E-state index contributed by atoms with van der Waals surface area (Å²) in [6.07, 6.45) is 4.33. The molecular weight excluding hydrogens is 300 g/mol. The van der Waals surface area contributed by atoms with Crippen LogP contribution in [0.15, 0.2) is 12.2 Å². The summed E-state index contributed by atoms with van der Waals surface area (Å²) in [5.41, 5.74) is 0. The number of carbonyl (C=O) groups excluding carboxylic acids is 2. The zero-order valence-corrected chi connectivity index (χ0v) is 13.7. The second kappa shape index (κ2) is 8.42. The maximum Gasteiger partial charge on any atom is 0.224 e. The Balaban J connectivity index is 1.91. The fraction of sp³-hybridized carbons (Fsp3) is 0.750. The third-order valence-corrected chi connectivity index (χ3v) is 4.24. The van der Waals surface area contributed by atoms with E-state index in [1.165, 1.54) is 4.90 Å². The molecule has 2 rings (SSSR count). The van der Waals surface area contributed by atoms with Crippen molar-refractivity contribution in [2.45, 2.75) is 37.5 Å². The molecule has 2 amide bonds. The van der Waals surface area contributed by atoms with Gasteiger partial charge in [-0.2, -0.15) is 0 Å². The minimum absolute atomic E-state index is 0.0344. The van der Waals surface area contributed by atoms with Gasteiger partial charge in [-0.05, 0) is 12.8 Å². The summed E-state index contributed by atoms with van der Waals surface area (Å²) in [5.74, 6) is -0.126. The van der Waals surface area contributed by atoms with E-state index in [1.54, 1.807) is 20.2 Å². The molecule has 1 fully saturated rings. The number of hydrogen-bond acceptors (Lipinski definition) is 5. The molecule has 7 nitrogen and oxygen atoms in total. The van der Waals surface area contributed by atoms with Crippen molar-refractivity contribution in [3.63, 3.8) is 0 Å².